The van der Waals surface area contributed by atoms with Gasteiger partial charge in [0.2, 0.25) is 5.91 Å². The molecule has 35 heavy (non-hydrogen) atoms. The van der Waals surface area contributed by atoms with Crippen LogP contribution in [0.1, 0.15) is 24.7 Å². The maximum atomic E-state index is 14.1. The molecule has 2 heterocycles. The summed E-state index contributed by atoms with van der Waals surface area (Å²) in [6.07, 6.45) is 1.92. The van der Waals surface area contributed by atoms with Crippen LogP contribution in [0.2, 0.25) is 0 Å². The fourth-order valence-corrected chi connectivity index (χ4v) is 5.15. The van der Waals surface area contributed by atoms with Gasteiger partial charge < -0.3 is 9.64 Å². The number of amides is 1. The molecule has 1 aliphatic rings. The summed E-state index contributed by atoms with van der Waals surface area (Å²) in [5, 5.41) is 8.89. The highest BCUT2D eigenvalue weighted by atomic mass is 32.2. The highest BCUT2D eigenvalue weighted by Gasteiger charge is 2.28. The first-order chi connectivity index (χ1) is 17.1. The Morgan fingerprint density at radius 3 is 2.60 bits per heavy atom. The minimum Gasteiger partial charge on any atom is -0.483 e. The van der Waals surface area contributed by atoms with Crippen LogP contribution in [0.15, 0.2) is 84.0 Å². The molecular weight excluding hydrogens is 463 g/mol. The van der Waals surface area contributed by atoms with E-state index in [9.17, 15) is 9.18 Å². The van der Waals surface area contributed by atoms with Crippen molar-refractivity contribution in [2.24, 2.45) is 0 Å². The number of halogens is 1. The van der Waals surface area contributed by atoms with E-state index in [1.165, 1.54) is 23.4 Å². The van der Waals surface area contributed by atoms with Crippen LogP contribution >= 0.6 is 11.8 Å². The number of thioether (sulfide) groups is 1. The Balaban J connectivity index is 1.40. The van der Waals surface area contributed by atoms with Crippen molar-refractivity contribution in [1.29, 1.82) is 0 Å². The number of rotatable bonds is 7. The van der Waals surface area contributed by atoms with Crippen LogP contribution in [-0.2, 0) is 17.8 Å². The van der Waals surface area contributed by atoms with Gasteiger partial charge in [0.25, 0.3) is 0 Å². The molecule has 8 heteroatoms. The summed E-state index contributed by atoms with van der Waals surface area (Å²) >= 11 is 1.36. The third kappa shape index (κ3) is 4.93. The quantitative estimate of drug-likeness (QED) is 0.324. The highest BCUT2D eigenvalue weighted by Crippen LogP contribution is 2.32. The van der Waals surface area contributed by atoms with Crippen LogP contribution in [0.5, 0.6) is 5.75 Å². The molecule has 3 aromatic carbocycles. The van der Waals surface area contributed by atoms with E-state index in [1.54, 1.807) is 18.2 Å². The summed E-state index contributed by atoms with van der Waals surface area (Å²) in [4.78, 5) is 15.3. The van der Waals surface area contributed by atoms with Gasteiger partial charge in [0, 0.05) is 17.9 Å². The zero-order chi connectivity index (χ0) is 24.2. The lowest BCUT2D eigenvalue weighted by atomic mass is 10.0. The molecular formula is C27H25FN4O2S. The fourth-order valence-electron chi connectivity index (χ4n) is 4.20. The lowest BCUT2D eigenvalue weighted by molar-refractivity contribution is -0.117. The first-order valence-electron chi connectivity index (χ1n) is 11.5. The molecule has 0 N–H and O–H groups in total. The monoisotopic (exact) mass is 488 g/mol. The summed E-state index contributed by atoms with van der Waals surface area (Å²) in [6, 6.07) is 24.0. The van der Waals surface area contributed by atoms with Gasteiger partial charge in [-0.3, -0.25) is 9.36 Å². The van der Waals surface area contributed by atoms with Crippen molar-refractivity contribution in [3.63, 3.8) is 0 Å². The molecule has 1 aliphatic heterocycles. The Hall–Kier alpha value is -3.65. The van der Waals surface area contributed by atoms with Crippen LogP contribution in [-0.4, -0.2) is 32.5 Å². The summed E-state index contributed by atoms with van der Waals surface area (Å²) in [5.41, 5.74) is 3.03. The number of carbonyl (C=O) groups is 1. The van der Waals surface area contributed by atoms with E-state index in [1.807, 2.05) is 64.9 Å². The first-order valence-corrected chi connectivity index (χ1v) is 12.4. The topological polar surface area (TPSA) is 60.3 Å². The van der Waals surface area contributed by atoms with E-state index in [0.717, 1.165) is 24.2 Å². The van der Waals surface area contributed by atoms with E-state index in [0.29, 0.717) is 17.5 Å². The van der Waals surface area contributed by atoms with E-state index in [-0.39, 0.29) is 23.5 Å². The SMILES string of the molecule is C[C@@H](Sc1nnc(COc2ccccc2F)n1-c1ccccc1)C(=O)N1CCCc2ccccc21. The third-order valence-electron chi connectivity index (χ3n) is 5.91. The summed E-state index contributed by atoms with van der Waals surface area (Å²) in [7, 11) is 0. The van der Waals surface area contributed by atoms with E-state index >= 15 is 0 Å². The number of para-hydroxylation sites is 3. The lowest BCUT2D eigenvalue weighted by Crippen LogP contribution is -2.40. The second kappa shape index (κ2) is 10.3. The molecule has 1 atom stereocenters. The number of hydrogen-bond acceptors (Lipinski definition) is 5. The number of ether oxygens (including phenoxy) is 1. The number of anilines is 1. The second-order valence-corrected chi connectivity index (χ2v) is 9.58. The third-order valence-corrected chi connectivity index (χ3v) is 6.94. The minimum absolute atomic E-state index is 0.0330. The number of aromatic nitrogens is 3. The number of fused-ring (bicyclic) bond motifs is 1. The van der Waals surface area contributed by atoms with Crippen LogP contribution in [0, 0.1) is 5.82 Å². The van der Waals surface area contributed by atoms with Crippen molar-refractivity contribution < 1.29 is 13.9 Å². The van der Waals surface area contributed by atoms with Gasteiger partial charge in [-0.05, 0) is 55.7 Å². The predicted octanol–water partition coefficient (Wildman–Crippen LogP) is 5.45. The Bertz CT molecular complexity index is 1330. The van der Waals surface area contributed by atoms with Crippen molar-refractivity contribution in [2.45, 2.75) is 36.8 Å². The van der Waals surface area contributed by atoms with Gasteiger partial charge in [-0.25, -0.2) is 4.39 Å². The smallest absolute Gasteiger partial charge is 0.240 e. The van der Waals surface area contributed by atoms with Gasteiger partial charge in [0.05, 0.1) is 5.25 Å². The van der Waals surface area contributed by atoms with E-state index < -0.39 is 5.82 Å². The minimum atomic E-state index is -0.436. The molecule has 0 aliphatic carbocycles. The highest BCUT2D eigenvalue weighted by molar-refractivity contribution is 8.00. The van der Waals surface area contributed by atoms with Gasteiger partial charge in [-0.1, -0.05) is 60.3 Å². The van der Waals surface area contributed by atoms with Crippen molar-refractivity contribution in [2.75, 3.05) is 11.4 Å². The Kier molecular flexibility index (Phi) is 6.81. The number of benzene rings is 3. The Labute approximate surface area is 207 Å². The molecule has 6 nitrogen and oxygen atoms in total. The van der Waals surface area contributed by atoms with Gasteiger partial charge in [0.15, 0.2) is 22.5 Å². The van der Waals surface area contributed by atoms with Gasteiger partial charge in [-0.15, -0.1) is 10.2 Å². The molecule has 0 bridgehead atoms. The molecule has 0 spiro atoms. The Morgan fingerprint density at radius 1 is 1.03 bits per heavy atom. The molecule has 1 amide bonds. The van der Waals surface area contributed by atoms with Crippen LogP contribution < -0.4 is 9.64 Å². The molecule has 0 radical (unpaired) electrons. The van der Waals surface area contributed by atoms with E-state index in [4.69, 9.17) is 4.74 Å². The largest absolute Gasteiger partial charge is 0.483 e. The Morgan fingerprint density at radius 2 is 1.77 bits per heavy atom. The second-order valence-electron chi connectivity index (χ2n) is 8.27. The first kappa shape index (κ1) is 23.1. The zero-order valence-electron chi connectivity index (χ0n) is 19.3. The molecule has 0 fully saturated rings. The van der Waals surface area contributed by atoms with Crippen LogP contribution in [0.4, 0.5) is 10.1 Å². The normalized spacial score (nSPS) is 13.8. The molecule has 0 unspecified atom stereocenters. The zero-order valence-corrected chi connectivity index (χ0v) is 20.1. The number of nitrogens with zero attached hydrogens (tertiary/aromatic N) is 4. The summed E-state index contributed by atoms with van der Waals surface area (Å²) in [6.45, 7) is 2.63. The number of hydrogen-bond donors (Lipinski definition) is 0. The van der Waals surface area contributed by atoms with Crippen molar-refractivity contribution >= 4 is 23.4 Å². The standard InChI is InChI=1S/C27H25FN4O2S/c1-19(26(33)31-17-9-11-20-10-5-7-15-23(20)31)35-27-30-29-25(32(27)21-12-3-2-4-13-21)18-34-24-16-8-6-14-22(24)28/h2-8,10,12-16,19H,9,11,17-18H2,1H3/t19-/m1/s1. The maximum Gasteiger partial charge on any atom is 0.240 e. The van der Waals surface area contributed by atoms with Gasteiger partial charge >= 0.3 is 0 Å². The fraction of sp³-hybridized carbons (Fsp3) is 0.222. The van der Waals surface area contributed by atoms with Gasteiger partial charge in [-0.2, -0.15) is 0 Å². The molecule has 0 saturated carbocycles. The average Bonchev–Trinajstić information content (AvgIpc) is 3.30. The molecule has 1 aromatic heterocycles. The lowest BCUT2D eigenvalue weighted by Gasteiger charge is -2.31. The maximum absolute atomic E-state index is 14.1. The van der Waals surface area contributed by atoms with Crippen molar-refractivity contribution in [1.82, 2.24) is 14.8 Å². The van der Waals surface area contributed by atoms with Crippen LogP contribution in [0.25, 0.3) is 5.69 Å². The van der Waals surface area contributed by atoms with Crippen LogP contribution in [0.3, 0.4) is 0 Å². The summed E-state index contributed by atoms with van der Waals surface area (Å²) in [5.74, 6) is 0.268. The average molecular weight is 489 g/mol. The van der Waals surface area contributed by atoms with Crippen molar-refractivity contribution in [3.8, 4) is 11.4 Å². The molecule has 4 aromatic rings. The van der Waals surface area contributed by atoms with Gasteiger partial charge in [0.1, 0.15) is 6.61 Å². The molecule has 178 valence electrons. The summed E-state index contributed by atoms with van der Waals surface area (Å²) < 4.78 is 21.6. The number of aryl methyl sites for hydroxylation is 1. The molecule has 0 saturated heterocycles. The van der Waals surface area contributed by atoms with Crippen molar-refractivity contribution in [3.05, 3.63) is 96.1 Å². The number of carbonyl (C=O) groups excluding carboxylic acids is 1. The molecule has 5 rings (SSSR count). The van der Waals surface area contributed by atoms with E-state index in [2.05, 4.69) is 16.3 Å². The predicted molar refractivity (Wildman–Crippen MR) is 135 cm³/mol.